The molecule has 0 atom stereocenters. The van der Waals surface area contributed by atoms with Gasteiger partial charge in [-0.25, -0.2) is 9.18 Å². The number of pyridine rings is 1. The highest BCUT2D eigenvalue weighted by atomic mass is 19.1. The average Bonchev–Trinajstić information content (AvgIpc) is 2.32. The Balaban J connectivity index is 2.25. The molecule has 0 saturated carbocycles. The summed E-state index contributed by atoms with van der Waals surface area (Å²) in [4.78, 5) is 24.6. The first-order chi connectivity index (χ1) is 8.56. The number of aromatic amines is 1. The van der Waals surface area contributed by atoms with Crippen LogP contribution < -0.4 is 5.56 Å². The van der Waals surface area contributed by atoms with Gasteiger partial charge < -0.3 is 10.1 Å². The van der Waals surface area contributed by atoms with Crippen molar-refractivity contribution in [1.29, 1.82) is 0 Å². The zero-order valence-electron chi connectivity index (χ0n) is 9.31. The van der Waals surface area contributed by atoms with Gasteiger partial charge in [-0.2, -0.15) is 0 Å². The van der Waals surface area contributed by atoms with Crippen LogP contribution in [0.15, 0.2) is 41.2 Å². The maximum Gasteiger partial charge on any atom is 0.341 e. The standard InChI is InChI=1S/C13H10FNO3/c14-9-3-1-8(2-4-9)7-10-5-6-11(13(17)18)12(16)15-10/h1-6H,7H2,(H,15,16)(H,17,18). The number of halogens is 1. The molecule has 0 radical (unpaired) electrons. The van der Waals surface area contributed by atoms with Crippen LogP contribution in [-0.4, -0.2) is 16.1 Å². The number of carbonyl (C=O) groups is 1. The van der Waals surface area contributed by atoms with Gasteiger partial charge in [0.1, 0.15) is 11.4 Å². The Morgan fingerprint density at radius 3 is 2.39 bits per heavy atom. The quantitative estimate of drug-likeness (QED) is 0.868. The molecule has 0 bridgehead atoms. The van der Waals surface area contributed by atoms with Crippen LogP contribution in [-0.2, 0) is 6.42 Å². The molecule has 0 aliphatic rings. The zero-order chi connectivity index (χ0) is 13.1. The topological polar surface area (TPSA) is 70.2 Å². The predicted molar refractivity (Wildman–Crippen MR) is 63.2 cm³/mol. The summed E-state index contributed by atoms with van der Waals surface area (Å²) in [6.45, 7) is 0. The van der Waals surface area contributed by atoms with Gasteiger partial charge in [0.25, 0.3) is 5.56 Å². The van der Waals surface area contributed by atoms with E-state index in [1.807, 2.05) is 0 Å². The Morgan fingerprint density at radius 1 is 1.17 bits per heavy atom. The van der Waals surface area contributed by atoms with E-state index in [9.17, 15) is 14.0 Å². The third kappa shape index (κ3) is 2.63. The molecule has 1 heterocycles. The van der Waals surface area contributed by atoms with Crippen LogP contribution >= 0.6 is 0 Å². The van der Waals surface area contributed by atoms with E-state index in [0.717, 1.165) is 5.56 Å². The number of aromatic carboxylic acids is 1. The molecule has 4 nitrogen and oxygen atoms in total. The second-order valence-corrected chi connectivity index (χ2v) is 3.83. The largest absolute Gasteiger partial charge is 0.477 e. The first-order valence-electron chi connectivity index (χ1n) is 5.26. The molecule has 2 rings (SSSR count). The first kappa shape index (κ1) is 12.0. The van der Waals surface area contributed by atoms with Gasteiger partial charge in [-0.1, -0.05) is 12.1 Å². The summed E-state index contributed by atoms with van der Waals surface area (Å²) in [5, 5.41) is 8.72. The van der Waals surface area contributed by atoms with E-state index in [0.29, 0.717) is 12.1 Å². The van der Waals surface area contributed by atoms with Crippen LogP contribution in [0, 0.1) is 5.82 Å². The number of carboxylic acids is 1. The predicted octanol–water partition coefficient (Wildman–Crippen LogP) is 1.80. The molecule has 0 saturated heterocycles. The fourth-order valence-electron chi connectivity index (χ4n) is 1.61. The van der Waals surface area contributed by atoms with Gasteiger partial charge in [0.15, 0.2) is 0 Å². The number of carboxylic acid groups (broad SMARTS) is 1. The summed E-state index contributed by atoms with van der Waals surface area (Å²) in [5.41, 5.74) is 0.478. The second-order valence-electron chi connectivity index (χ2n) is 3.83. The Bertz CT molecular complexity index is 631. The molecule has 0 aliphatic carbocycles. The fourth-order valence-corrected chi connectivity index (χ4v) is 1.61. The van der Waals surface area contributed by atoms with Crippen molar-refractivity contribution in [3.63, 3.8) is 0 Å². The number of aromatic nitrogens is 1. The normalized spacial score (nSPS) is 10.3. The summed E-state index contributed by atoms with van der Waals surface area (Å²) in [7, 11) is 0. The third-order valence-corrected chi connectivity index (χ3v) is 2.51. The Kier molecular flexibility index (Phi) is 3.23. The van der Waals surface area contributed by atoms with E-state index >= 15 is 0 Å². The third-order valence-electron chi connectivity index (χ3n) is 2.51. The van der Waals surface area contributed by atoms with Gasteiger partial charge in [-0.3, -0.25) is 4.79 Å². The highest BCUT2D eigenvalue weighted by molar-refractivity contribution is 5.86. The van der Waals surface area contributed by atoms with Crippen molar-refractivity contribution < 1.29 is 14.3 Å². The molecule has 92 valence electrons. The monoisotopic (exact) mass is 247 g/mol. The lowest BCUT2D eigenvalue weighted by molar-refractivity contribution is 0.0695. The molecule has 0 amide bonds. The van der Waals surface area contributed by atoms with E-state index in [2.05, 4.69) is 4.98 Å². The van der Waals surface area contributed by atoms with Crippen molar-refractivity contribution in [3.05, 3.63) is 69.4 Å². The van der Waals surface area contributed by atoms with Crippen LogP contribution in [0.1, 0.15) is 21.6 Å². The van der Waals surface area contributed by atoms with E-state index in [-0.39, 0.29) is 11.4 Å². The Hall–Kier alpha value is -2.43. The fraction of sp³-hybridized carbons (Fsp3) is 0.0769. The number of nitrogens with one attached hydrogen (secondary N) is 1. The summed E-state index contributed by atoms with van der Waals surface area (Å²) in [6, 6.07) is 8.68. The van der Waals surface area contributed by atoms with Gasteiger partial charge in [-0.05, 0) is 29.8 Å². The highest BCUT2D eigenvalue weighted by Crippen LogP contribution is 2.08. The summed E-state index contributed by atoms with van der Waals surface area (Å²) in [5.74, 6) is -1.59. The van der Waals surface area contributed by atoms with Gasteiger partial charge in [0, 0.05) is 12.1 Å². The van der Waals surface area contributed by atoms with E-state index in [1.54, 1.807) is 12.1 Å². The van der Waals surface area contributed by atoms with Gasteiger partial charge in [0.2, 0.25) is 0 Å². The highest BCUT2D eigenvalue weighted by Gasteiger charge is 2.08. The number of hydrogen-bond acceptors (Lipinski definition) is 2. The molecular formula is C13H10FNO3. The number of rotatable bonds is 3. The summed E-state index contributed by atoms with van der Waals surface area (Å²) >= 11 is 0. The molecule has 0 unspecified atom stereocenters. The molecule has 18 heavy (non-hydrogen) atoms. The molecule has 0 spiro atoms. The smallest absolute Gasteiger partial charge is 0.341 e. The van der Waals surface area contributed by atoms with Crippen molar-refractivity contribution in [2.75, 3.05) is 0 Å². The van der Waals surface area contributed by atoms with Crippen molar-refractivity contribution in [3.8, 4) is 0 Å². The van der Waals surface area contributed by atoms with Crippen LogP contribution in [0.5, 0.6) is 0 Å². The SMILES string of the molecule is O=C(O)c1ccc(Cc2ccc(F)cc2)[nH]c1=O. The van der Waals surface area contributed by atoms with E-state index in [1.165, 1.54) is 24.3 Å². The van der Waals surface area contributed by atoms with Crippen LogP contribution in [0.2, 0.25) is 0 Å². The molecule has 1 aromatic carbocycles. The van der Waals surface area contributed by atoms with Crippen molar-refractivity contribution in [2.45, 2.75) is 6.42 Å². The van der Waals surface area contributed by atoms with E-state index < -0.39 is 11.5 Å². The molecule has 1 aromatic heterocycles. The molecule has 5 heteroatoms. The number of benzene rings is 1. The lowest BCUT2D eigenvalue weighted by Gasteiger charge is -2.02. The van der Waals surface area contributed by atoms with Gasteiger partial charge in [-0.15, -0.1) is 0 Å². The Labute approximate surface area is 102 Å². The van der Waals surface area contributed by atoms with E-state index in [4.69, 9.17) is 5.11 Å². The Morgan fingerprint density at radius 2 is 1.83 bits per heavy atom. The van der Waals surface area contributed by atoms with Crippen LogP contribution in [0.25, 0.3) is 0 Å². The van der Waals surface area contributed by atoms with Crippen LogP contribution in [0.3, 0.4) is 0 Å². The molecule has 0 aliphatic heterocycles. The van der Waals surface area contributed by atoms with Crippen LogP contribution in [0.4, 0.5) is 4.39 Å². The maximum absolute atomic E-state index is 12.7. The minimum absolute atomic E-state index is 0.294. The molecule has 0 fully saturated rings. The second kappa shape index (κ2) is 4.83. The van der Waals surface area contributed by atoms with Gasteiger partial charge in [0.05, 0.1) is 0 Å². The molecule has 2 aromatic rings. The van der Waals surface area contributed by atoms with Crippen molar-refractivity contribution >= 4 is 5.97 Å². The van der Waals surface area contributed by atoms with Crippen molar-refractivity contribution in [1.82, 2.24) is 4.98 Å². The lowest BCUT2D eigenvalue weighted by atomic mass is 10.1. The van der Waals surface area contributed by atoms with Crippen molar-refractivity contribution in [2.24, 2.45) is 0 Å². The number of hydrogen-bond donors (Lipinski definition) is 2. The molecule has 2 N–H and O–H groups in total. The summed E-state index contributed by atoms with van der Waals surface area (Å²) < 4.78 is 12.7. The average molecular weight is 247 g/mol. The minimum atomic E-state index is -1.26. The maximum atomic E-state index is 12.7. The van der Waals surface area contributed by atoms with Gasteiger partial charge >= 0.3 is 5.97 Å². The number of H-pyrrole nitrogens is 1. The minimum Gasteiger partial charge on any atom is -0.477 e. The molecular weight excluding hydrogens is 237 g/mol. The zero-order valence-corrected chi connectivity index (χ0v) is 9.31. The lowest BCUT2D eigenvalue weighted by Crippen LogP contribution is -2.18. The first-order valence-corrected chi connectivity index (χ1v) is 5.26. The summed E-state index contributed by atoms with van der Waals surface area (Å²) in [6.07, 6.45) is 0.412.